The third-order valence-corrected chi connectivity index (χ3v) is 4.83. The van der Waals surface area contributed by atoms with Gasteiger partial charge < -0.3 is 9.88 Å². The molecule has 2 aromatic rings. The molecule has 1 fully saturated rings. The highest BCUT2D eigenvalue weighted by Gasteiger charge is 2.29. The van der Waals surface area contributed by atoms with Crippen LogP contribution >= 0.6 is 11.8 Å². The van der Waals surface area contributed by atoms with Crippen molar-refractivity contribution in [3.8, 4) is 11.3 Å². The van der Waals surface area contributed by atoms with E-state index in [2.05, 4.69) is 32.3 Å². The predicted molar refractivity (Wildman–Crippen MR) is 98.5 cm³/mol. The van der Waals surface area contributed by atoms with Crippen molar-refractivity contribution in [1.82, 2.24) is 20.2 Å². The molecule has 0 radical (unpaired) electrons. The van der Waals surface area contributed by atoms with Gasteiger partial charge in [-0.05, 0) is 24.8 Å². The zero-order chi connectivity index (χ0) is 17.6. The molecule has 7 heteroatoms. The quantitative estimate of drug-likeness (QED) is 0.745. The Balaban J connectivity index is 1.64. The molecule has 1 aromatic carbocycles. The summed E-state index contributed by atoms with van der Waals surface area (Å²) in [7, 11) is 0. The molecular weight excluding hydrogens is 336 g/mol. The monoisotopic (exact) mass is 358 g/mol. The lowest BCUT2D eigenvalue weighted by Gasteiger charge is -2.11. The number of aromatic nitrogens is 2. The van der Waals surface area contributed by atoms with Gasteiger partial charge in [0, 0.05) is 12.6 Å². The van der Waals surface area contributed by atoms with E-state index >= 15 is 0 Å². The van der Waals surface area contributed by atoms with E-state index in [-0.39, 0.29) is 11.7 Å². The Morgan fingerprint density at radius 2 is 2.04 bits per heavy atom. The van der Waals surface area contributed by atoms with Gasteiger partial charge >= 0.3 is 6.03 Å². The van der Waals surface area contributed by atoms with E-state index in [1.54, 1.807) is 0 Å². The number of nitrogens with one attached hydrogen (secondary N) is 2. The number of nitrogens with zero attached hydrogens (tertiary/aromatic N) is 2. The van der Waals surface area contributed by atoms with Gasteiger partial charge in [0.15, 0.2) is 5.16 Å². The van der Waals surface area contributed by atoms with Gasteiger partial charge in [-0.2, -0.15) is 0 Å². The molecule has 1 heterocycles. The predicted octanol–water partition coefficient (Wildman–Crippen LogP) is 3.21. The van der Waals surface area contributed by atoms with E-state index in [4.69, 9.17) is 0 Å². The van der Waals surface area contributed by atoms with Crippen molar-refractivity contribution in [1.29, 1.82) is 0 Å². The lowest BCUT2D eigenvalue weighted by Crippen LogP contribution is -2.40. The molecule has 0 atom stereocenters. The van der Waals surface area contributed by atoms with Crippen LogP contribution in [0.2, 0.25) is 0 Å². The van der Waals surface area contributed by atoms with Crippen molar-refractivity contribution in [2.45, 2.75) is 37.4 Å². The first-order valence-electron chi connectivity index (χ1n) is 8.52. The minimum Gasteiger partial charge on any atom is -0.338 e. The summed E-state index contributed by atoms with van der Waals surface area (Å²) in [6, 6.07) is 10.2. The zero-order valence-corrected chi connectivity index (χ0v) is 15.0. The fourth-order valence-corrected chi connectivity index (χ4v) is 3.38. The van der Waals surface area contributed by atoms with Crippen LogP contribution in [-0.2, 0) is 4.79 Å². The largest absolute Gasteiger partial charge is 0.338 e. The summed E-state index contributed by atoms with van der Waals surface area (Å²) in [6.07, 6.45) is 4.96. The Hall–Kier alpha value is -2.28. The van der Waals surface area contributed by atoms with Crippen LogP contribution in [0, 0.1) is 0 Å². The molecule has 2 N–H and O–H groups in total. The summed E-state index contributed by atoms with van der Waals surface area (Å²) >= 11 is 1.36. The minimum atomic E-state index is -0.442. The van der Waals surface area contributed by atoms with E-state index < -0.39 is 6.03 Å². The van der Waals surface area contributed by atoms with Gasteiger partial charge in [0.1, 0.15) is 0 Å². The van der Waals surface area contributed by atoms with Crippen LogP contribution in [0.25, 0.3) is 11.3 Å². The third kappa shape index (κ3) is 4.63. The summed E-state index contributed by atoms with van der Waals surface area (Å²) in [5.41, 5.74) is 2.20. The second-order valence-corrected chi connectivity index (χ2v) is 6.93. The van der Waals surface area contributed by atoms with E-state index in [9.17, 15) is 9.59 Å². The summed E-state index contributed by atoms with van der Waals surface area (Å²) in [5, 5.41) is 5.79. The number of benzene rings is 1. The molecule has 3 rings (SSSR count). The standard InChI is InChI=1S/C18H22N4O2S/c1-2-10-19-17(24)21-16(23)12-25-18-20-11-15(22(18)14-8-9-14)13-6-4-3-5-7-13/h3-7,11,14H,2,8-10,12H2,1H3,(H2,19,21,23,24). The highest BCUT2D eigenvalue weighted by atomic mass is 32.2. The Morgan fingerprint density at radius 1 is 1.28 bits per heavy atom. The normalized spacial score (nSPS) is 13.5. The maximum absolute atomic E-state index is 11.9. The molecule has 0 spiro atoms. The number of carbonyl (C=O) groups excluding carboxylic acids is 2. The van der Waals surface area contributed by atoms with Crippen molar-refractivity contribution >= 4 is 23.7 Å². The number of hydrogen-bond acceptors (Lipinski definition) is 4. The van der Waals surface area contributed by atoms with Crippen LogP contribution in [0.3, 0.4) is 0 Å². The Labute approximate surface area is 151 Å². The average Bonchev–Trinajstić information content (AvgIpc) is 3.38. The van der Waals surface area contributed by atoms with Gasteiger partial charge in [-0.15, -0.1) is 0 Å². The highest BCUT2D eigenvalue weighted by Crippen LogP contribution is 2.41. The maximum Gasteiger partial charge on any atom is 0.321 e. The molecule has 1 aromatic heterocycles. The minimum absolute atomic E-state index is 0.164. The number of amides is 3. The second-order valence-electron chi connectivity index (χ2n) is 5.99. The highest BCUT2D eigenvalue weighted by molar-refractivity contribution is 7.99. The Bertz CT molecular complexity index is 741. The zero-order valence-electron chi connectivity index (χ0n) is 14.2. The van der Waals surface area contributed by atoms with Crippen LogP contribution in [0.4, 0.5) is 4.79 Å². The molecule has 1 aliphatic rings. The van der Waals surface area contributed by atoms with Gasteiger partial charge in [0.05, 0.1) is 17.6 Å². The number of rotatable bonds is 7. The summed E-state index contributed by atoms with van der Waals surface area (Å²) in [5.74, 6) is -0.150. The molecular formula is C18H22N4O2S. The molecule has 1 aliphatic carbocycles. The van der Waals surface area contributed by atoms with Crippen LogP contribution < -0.4 is 10.6 Å². The number of imide groups is 1. The molecule has 1 saturated carbocycles. The first-order valence-corrected chi connectivity index (χ1v) is 9.50. The Morgan fingerprint density at radius 3 is 2.72 bits per heavy atom. The summed E-state index contributed by atoms with van der Waals surface area (Å²) in [4.78, 5) is 28.0. The molecule has 0 bridgehead atoms. The van der Waals surface area contributed by atoms with E-state index in [0.29, 0.717) is 12.6 Å². The number of carbonyl (C=O) groups is 2. The Kier molecular flexibility index (Phi) is 5.75. The smallest absolute Gasteiger partial charge is 0.321 e. The van der Waals surface area contributed by atoms with E-state index in [0.717, 1.165) is 35.7 Å². The molecule has 132 valence electrons. The van der Waals surface area contributed by atoms with Crippen LogP contribution in [0.5, 0.6) is 0 Å². The number of hydrogen-bond donors (Lipinski definition) is 2. The van der Waals surface area contributed by atoms with Crippen molar-refractivity contribution in [2.24, 2.45) is 0 Å². The molecule has 3 amide bonds. The lowest BCUT2D eigenvalue weighted by molar-refractivity contribution is -0.117. The summed E-state index contributed by atoms with van der Waals surface area (Å²) < 4.78 is 2.21. The van der Waals surface area contributed by atoms with Gasteiger partial charge in [0.2, 0.25) is 5.91 Å². The molecule has 6 nitrogen and oxygen atoms in total. The summed E-state index contributed by atoms with van der Waals surface area (Å²) in [6.45, 7) is 2.51. The molecule has 0 saturated heterocycles. The molecule has 25 heavy (non-hydrogen) atoms. The lowest BCUT2D eigenvalue weighted by atomic mass is 10.2. The van der Waals surface area contributed by atoms with Gasteiger partial charge in [0.25, 0.3) is 0 Å². The average molecular weight is 358 g/mol. The van der Waals surface area contributed by atoms with Crippen LogP contribution in [-0.4, -0.2) is 33.8 Å². The maximum atomic E-state index is 11.9. The van der Waals surface area contributed by atoms with Crippen LogP contribution in [0.1, 0.15) is 32.2 Å². The number of imidazole rings is 1. The first-order chi connectivity index (χ1) is 12.2. The second kappa shape index (κ2) is 8.20. The van der Waals surface area contributed by atoms with Crippen molar-refractivity contribution in [3.05, 3.63) is 36.5 Å². The van der Waals surface area contributed by atoms with Crippen molar-refractivity contribution in [2.75, 3.05) is 12.3 Å². The molecule has 0 unspecified atom stereocenters. The van der Waals surface area contributed by atoms with Crippen LogP contribution in [0.15, 0.2) is 41.7 Å². The van der Waals surface area contributed by atoms with Crippen molar-refractivity contribution in [3.63, 3.8) is 0 Å². The van der Waals surface area contributed by atoms with Gasteiger partial charge in [-0.1, -0.05) is 49.0 Å². The third-order valence-electron chi connectivity index (χ3n) is 3.87. The fourth-order valence-electron chi connectivity index (χ4n) is 2.53. The number of urea groups is 1. The van der Waals surface area contributed by atoms with Crippen molar-refractivity contribution < 1.29 is 9.59 Å². The van der Waals surface area contributed by atoms with Gasteiger partial charge in [-0.25, -0.2) is 9.78 Å². The first kappa shape index (κ1) is 17.5. The van der Waals surface area contributed by atoms with Gasteiger partial charge in [-0.3, -0.25) is 10.1 Å². The van der Waals surface area contributed by atoms with E-state index in [1.165, 1.54) is 11.8 Å². The van der Waals surface area contributed by atoms with E-state index in [1.807, 2.05) is 31.3 Å². The molecule has 0 aliphatic heterocycles. The number of thioether (sulfide) groups is 1. The topological polar surface area (TPSA) is 76.0 Å². The fraction of sp³-hybridized carbons (Fsp3) is 0.389. The SMILES string of the molecule is CCCNC(=O)NC(=O)CSc1ncc(-c2ccccc2)n1C1CC1.